The van der Waals surface area contributed by atoms with Gasteiger partial charge in [0.1, 0.15) is 11.6 Å². The van der Waals surface area contributed by atoms with Gasteiger partial charge in [0, 0.05) is 6.42 Å². The quantitative estimate of drug-likeness (QED) is 0.768. The summed E-state index contributed by atoms with van der Waals surface area (Å²) in [7, 11) is -3.67. The molecule has 0 saturated carbocycles. The lowest BCUT2D eigenvalue weighted by Crippen LogP contribution is -2.60. The van der Waals surface area contributed by atoms with E-state index >= 15 is 0 Å². The van der Waals surface area contributed by atoms with Crippen LogP contribution in [0, 0.1) is 0 Å². The minimum atomic E-state index is -3.67. The van der Waals surface area contributed by atoms with Gasteiger partial charge in [0.25, 0.3) is 0 Å². The van der Waals surface area contributed by atoms with E-state index in [0.717, 1.165) is 0 Å². The lowest BCUT2D eigenvalue weighted by atomic mass is 9.94. The Hall–Kier alpha value is -1.44. The Bertz CT molecular complexity index is 689. The fraction of sp³-hybridized carbons (Fsp3) is 0.533. The minimum absolute atomic E-state index is 0.0557. The van der Waals surface area contributed by atoms with Crippen LogP contribution < -0.4 is 0 Å². The van der Waals surface area contributed by atoms with E-state index in [4.69, 9.17) is 9.57 Å². The molecule has 6 nitrogen and oxygen atoms in total. The van der Waals surface area contributed by atoms with E-state index < -0.39 is 26.8 Å². The minimum Gasteiger partial charge on any atom is -0.459 e. The summed E-state index contributed by atoms with van der Waals surface area (Å²) in [5.74, 6) is -0.441. The van der Waals surface area contributed by atoms with Gasteiger partial charge < -0.3 is 4.74 Å². The molecule has 0 bridgehead atoms. The van der Waals surface area contributed by atoms with Crippen molar-refractivity contribution in [3.63, 3.8) is 0 Å². The predicted octanol–water partition coefficient (Wildman–Crippen LogP) is 1.52. The summed E-state index contributed by atoms with van der Waals surface area (Å²) in [5, 5.41) is 1.49. The number of ether oxygens (including phenoxy) is 1. The second kappa shape index (κ2) is 5.04. The van der Waals surface area contributed by atoms with Crippen LogP contribution in [0.15, 0.2) is 35.2 Å². The van der Waals surface area contributed by atoms with Crippen LogP contribution >= 0.6 is 0 Å². The van der Waals surface area contributed by atoms with Crippen LogP contribution in [-0.2, 0) is 24.2 Å². The van der Waals surface area contributed by atoms with Gasteiger partial charge in [-0.3, -0.25) is 4.84 Å². The fourth-order valence-electron chi connectivity index (χ4n) is 2.93. The van der Waals surface area contributed by atoms with Gasteiger partial charge in [-0.1, -0.05) is 18.2 Å². The number of carbonyl (C=O) groups excluding carboxylic acids is 1. The highest BCUT2D eigenvalue weighted by Gasteiger charge is 2.59. The van der Waals surface area contributed by atoms with Gasteiger partial charge in [0.05, 0.1) is 10.9 Å². The fourth-order valence-corrected chi connectivity index (χ4v) is 4.52. The standard InChI is InChI=1S/C15H19NO5S/c1-10-11(2)20-14(17)15(3)9-13(21-16(10)15)22(18,19)12-7-5-4-6-8-12/h4-8,10-11,13H,9H2,1-3H3/t10-,11+,13-,15-/m0/s1. The predicted molar refractivity (Wildman–Crippen MR) is 78.4 cm³/mol. The molecule has 7 heteroatoms. The molecule has 120 valence electrons. The average molecular weight is 325 g/mol. The molecular formula is C15H19NO5S. The molecule has 0 aliphatic carbocycles. The third-order valence-electron chi connectivity index (χ3n) is 4.48. The van der Waals surface area contributed by atoms with Gasteiger partial charge >= 0.3 is 5.97 Å². The number of hydrogen-bond acceptors (Lipinski definition) is 6. The maximum Gasteiger partial charge on any atom is 0.329 e. The Morgan fingerprint density at radius 3 is 2.50 bits per heavy atom. The van der Waals surface area contributed by atoms with Crippen molar-refractivity contribution in [3.8, 4) is 0 Å². The Morgan fingerprint density at radius 2 is 1.86 bits per heavy atom. The van der Waals surface area contributed by atoms with Crippen LogP contribution in [0.3, 0.4) is 0 Å². The lowest BCUT2D eigenvalue weighted by molar-refractivity contribution is -0.247. The maximum absolute atomic E-state index is 12.7. The van der Waals surface area contributed by atoms with E-state index in [1.807, 2.05) is 6.92 Å². The molecule has 2 saturated heterocycles. The largest absolute Gasteiger partial charge is 0.459 e. The first-order valence-electron chi connectivity index (χ1n) is 7.23. The van der Waals surface area contributed by atoms with E-state index in [1.165, 1.54) is 17.2 Å². The summed E-state index contributed by atoms with van der Waals surface area (Å²) >= 11 is 0. The highest BCUT2D eigenvalue weighted by atomic mass is 32.2. The summed E-state index contributed by atoms with van der Waals surface area (Å²) in [6, 6.07) is 7.93. The molecule has 2 heterocycles. The van der Waals surface area contributed by atoms with E-state index in [2.05, 4.69) is 0 Å². The molecule has 0 unspecified atom stereocenters. The summed E-state index contributed by atoms with van der Waals surface area (Å²) in [6.45, 7) is 5.29. The smallest absolute Gasteiger partial charge is 0.329 e. The van der Waals surface area contributed by atoms with E-state index in [-0.39, 0.29) is 23.5 Å². The van der Waals surface area contributed by atoms with E-state index in [1.54, 1.807) is 32.0 Å². The van der Waals surface area contributed by atoms with E-state index in [0.29, 0.717) is 0 Å². The van der Waals surface area contributed by atoms with Crippen LogP contribution in [-0.4, -0.2) is 42.6 Å². The molecule has 3 rings (SSSR count). The van der Waals surface area contributed by atoms with Crippen LogP contribution in [0.5, 0.6) is 0 Å². The van der Waals surface area contributed by atoms with Crippen LogP contribution in [0.4, 0.5) is 0 Å². The Labute approximate surface area is 129 Å². The van der Waals surface area contributed by atoms with Crippen LogP contribution in [0.2, 0.25) is 0 Å². The first kappa shape index (κ1) is 15.5. The molecule has 2 fully saturated rings. The van der Waals surface area contributed by atoms with Gasteiger partial charge in [-0.2, -0.15) is 5.06 Å². The molecule has 0 spiro atoms. The monoisotopic (exact) mass is 325 g/mol. The van der Waals surface area contributed by atoms with Crippen LogP contribution in [0.25, 0.3) is 0 Å². The molecule has 0 aromatic heterocycles. The summed E-state index contributed by atoms with van der Waals surface area (Å²) < 4.78 is 30.7. The molecule has 0 amide bonds. The summed E-state index contributed by atoms with van der Waals surface area (Å²) in [6.07, 6.45) is -0.293. The highest BCUT2D eigenvalue weighted by molar-refractivity contribution is 7.92. The average Bonchev–Trinajstić information content (AvgIpc) is 2.87. The number of fused-ring (bicyclic) bond motifs is 1. The van der Waals surface area contributed by atoms with Crippen molar-refractivity contribution in [2.24, 2.45) is 0 Å². The maximum atomic E-state index is 12.7. The molecule has 4 atom stereocenters. The molecule has 0 N–H and O–H groups in total. The number of cyclic esters (lactones) is 1. The number of hydrogen-bond donors (Lipinski definition) is 0. The Balaban J connectivity index is 1.95. The first-order chi connectivity index (χ1) is 10.3. The zero-order chi connectivity index (χ0) is 16.1. The molecule has 0 radical (unpaired) electrons. The van der Waals surface area contributed by atoms with Crippen molar-refractivity contribution >= 4 is 15.8 Å². The number of esters is 1. The summed E-state index contributed by atoms with van der Waals surface area (Å²) in [4.78, 5) is 18.1. The number of nitrogens with zero attached hydrogens (tertiary/aromatic N) is 1. The van der Waals surface area contributed by atoms with Gasteiger partial charge in [0.2, 0.25) is 9.84 Å². The number of carbonyl (C=O) groups is 1. The van der Waals surface area contributed by atoms with Crippen molar-refractivity contribution in [2.75, 3.05) is 0 Å². The molecule has 22 heavy (non-hydrogen) atoms. The van der Waals surface area contributed by atoms with Gasteiger partial charge in [-0.15, -0.1) is 0 Å². The molecule has 2 aliphatic heterocycles. The van der Waals surface area contributed by atoms with Crippen molar-refractivity contribution in [2.45, 2.75) is 55.2 Å². The lowest BCUT2D eigenvalue weighted by Gasteiger charge is -2.42. The SMILES string of the molecule is C[C@H]1OC(=O)[C@]2(C)C[C@H](S(=O)(=O)c3ccccc3)ON2[C@H]1C. The third-order valence-corrected chi connectivity index (χ3v) is 6.36. The second-order valence-corrected chi connectivity index (χ2v) is 8.14. The second-order valence-electron chi connectivity index (χ2n) is 6.05. The number of morpholine rings is 1. The van der Waals surface area contributed by atoms with E-state index in [9.17, 15) is 13.2 Å². The van der Waals surface area contributed by atoms with Crippen molar-refractivity contribution in [1.82, 2.24) is 5.06 Å². The van der Waals surface area contributed by atoms with Gasteiger partial charge in [-0.05, 0) is 32.9 Å². The van der Waals surface area contributed by atoms with Gasteiger partial charge in [-0.25, -0.2) is 13.2 Å². The topological polar surface area (TPSA) is 72.9 Å². The third kappa shape index (κ3) is 2.15. The summed E-state index contributed by atoms with van der Waals surface area (Å²) in [5.41, 5.74) is -2.15. The Morgan fingerprint density at radius 1 is 1.23 bits per heavy atom. The van der Waals surface area contributed by atoms with Gasteiger partial charge in [0.15, 0.2) is 5.44 Å². The normalized spacial score (nSPS) is 36.0. The number of rotatable bonds is 2. The first-order valence-corrected chi connectivity index (χ1v) is 8.77. The molecule has 1 aromatic carbocycles. The van der Waals surface area contributed by atoms with Crippen LogP contribution in [0.1, 0.15) is 27.2 Å². The highest BCUT2D eigenvalue weighted by Crippen LogP contribution is 2.42. The number of sulfone groups is 1. The number of benzene rings is 1. The molecule has 1 aromatic rings. The van der Waals surface area contributed by atoms with Crippen molar-refractivity contribution < 1.29 is 22.8 Å². The molecule has 2 aliphatic rings. The zero-order valence-corrected chi connectivity index (χ0v) is 13.5. The number of hydroxylamine groups is 2. The zero-order valence-electron chi connectivity index (χ0n) is 12.7. The Kier molecular flexibility index (Phi) is 3.54. The van der Waals surface area contributed by atoms with Crippen molar-refractivity contribution in [1.29, 1.82) is 0 Å². The molecular weight excluding hydrogens is 306 g/mol. The van der Waals surface area contributed by atoms with Crippen molar-refractivity contribution in [3.05, 3.63) is 30.3 Å².